The van der Waals surface area contributed by atoms with Crippen LogP contribution in [-0.2, 0) is 4.79 Å². The van der Waals surface area contributed by atoms with Crippen molar-refractivity contribution in [3.05, 3.63) is 30.6 Å². The van der Waals surface area contributed by atoms with Crippen LogP contribution in [0.3, 0.4) is 0 Å². The highest BCUT2D eigenvalue weighted by Gasteiger charge is 2.51. The average Bonchev–Trinajstić information content (AvgIpc) is 3.20. The number of imide groups is 1. The maximum Gasteiger partial charge on any atom is 0.321 e. The summed E-state index contributed by atoms with van der Waals surface area (Å²) < 4.78 is 7.21. The lowest BCUT2D eigenvalue weighted by molar-refractivity contribution is -0.119. The van der Waals surface area contributed by atoms with Crippen molar-refractivity contribution in [2.24, 2.45) is 17.8 Å². The van der Waals surface area contributed by atoms with E-state index in [0.717, 1.165) is 42.7 Å². The molecule has 1 heterocycles. The molecule has 4 bridgehead atoms. The van der Waals surface area contributed by atoms with Gasteiger partial charge in [-0.1, -0.05) is 23.9 Å². The van der Waals surface area contributed by atoms with Gasteiger partial charge in [-0.3, -0.25) is 14.7 Å². The van der Waals surface area contributed by atoms with Crippen LogP contribution in [0.2, 0.25) is 0 Å². The summed E-state index contributed by atoms with van der Waals surface area (Å²) in [6.45, 7) is 1.76. The van der Waals surface area contributed by atoms with Gasteiger partial charge in [0.15, 0.2) is 5.16 Å². The zero-order chi connectivity index (χ0) is 22.3. The number of rotatable bonds is 6. The van der Waals surface area contributed by atoms with Crippen molar-refractivity contribution < 1.29 is 14.3 Å². The fourth-order valence-corrected chi connectivity index (χ4v) is 7.10. The highest BCUT2D eigenvalue weighted by Crippen LogP contribution is 2.55. The molecule has 0 spiro atoms. The first kappa shape index (κ1) is 21.3. The topological polar surface area (TPSA) is 98.1 Å². The molecule has 0 radical (unpaired) electrons. The molecule has 2 N–H and O–H groups in total. The number of ether oxygens (including phenoxy) is 1. The van der Waals surface area contributed by atoms with Gasteiger partial charge in [0.25, 0.3) is 0 Å². The Kier molecular flexibility index (Phi) is 5.61. The van der Waals surface area contributed by atoms with E-state index in [1.54, 1.807) is 24.9 Å². The molecule has 2 aromatic rings. The molecule has 3 amide bonds. The molecule has 1 atom stereocenters. The lowest BCUT2D eigenvalue weighted by Gasteiger charge is -2.56. The standard InChI is InChI=1S/C23H29N5O3S/c1-14(32-22-27-24-13-28(22)18-5-3-4-6-19(18)31-2)20(29)25-21(30)26-23-10-15-7-16(11-23)9-17(8-15)12-23/h3-6,13-17H,7-12H2,1-2H3,(H2,25,26,29,30). The van der Waals surface area contributed by atoms with Crippen molar-refractivity contribution in [2.45, 2.75) is 61.4 Å². The van der Waals surface area contributed by atoms with Crippen molar-refractivity contribution >= 4 is 23.7 Å². The maximum atomic E-state index is 12.8. The minimum atomic E-state index is -0.519. The summed E-state index contributed by atoms with van der Waals surface area (Å²) in [6.07, 6.45) is 8.66. The van der Waals surface area contributed by atoms with E-state index in [0.29, 0.717) is 10.9 Å². The number of urea groups is 1. The summed E-state index contributed by atoms with van der Waals surface area (Å²) in [4.78, 5) is 25.5. The van der Waals surface area contributed by atoms with Gasteiger partial charge in [0, 0.05) is 5.54 Å². The second-order valence-corrected chi connectivity index (χ2v) is 10.9. The van der Waals surface area contributed by atoms with E-state index >= 15 is 0 Å². The number of para-hydroxylation sites is 2. The van der Waals surface area contributed by atoms with Gasteiger partial charge in [-0.05, 0) is 75.3 Å². The largest absolute Gasteiger partial charge is 0.495 e. The number of aromatic nitrogens is 3. The first-order valence-corrected chi connectivity index (χ1v) is 12.2. The van der Waals surface area contributed by atoms with Gasteiger partial charge in [0.05, 0.1) is 18.0 Å². The van der Waals surface area contributed by atoms with E-state index in [9.17, 15) is 9.59 Å². The van der Waals surface area contributed by atoms with Crippen molar-refractivity contribution in [3.63, 3.8) is 0 Å². The monoisotopic (exact) mass is 455 g/mol. The Morgan fingerprint density at radius 2 is 1.81 bits per heavy atom. The Morgan fingerprint density at radius 3 is 2.47 bits per heavy atom. The van der Waals surface area contributed by atoms with Crippen LogP contribution in [0, 0.1) is 17.8 Å². The van der Waals surface area contributed by atoms with Gasteiger partial charge < -0.3 is 10.1 Å². The summed E-state index contributed by atoms with van der Waals surface area (Å²) in [7, 11) is 1.61. The lowest BCUT2D eigenvalue weighted by atomic mass is 9.53. The number of carbonyl (C=O) groups excluding carboxylic acids is 2. The molecule has 0 aliphatic heterocycles. The highest BCUT2D eigenvalue weighted by molar-refractivity contribution is 8.00. The third-order valence-electron chi connectivity index (χ3n) is 7.17. The van der Waals surface area contributed by atoms with E-state index in [1.807, 2.05) is 24.3 Å². The quantitative estimate of drug-likeness (QED) is 0.647. The van der Waals surface area contributed by atoms with Crippen LogP contribution < -0.4 is 15.4 Å². The van der Waals surface area contributed by atoms with Crippen LogP contribution in [0.5, 0.6) is 5.75 Å². The predicted octanol–water partition coefficient (Wildman–Crippen LogP) is 3.55. The summed E-state index contributed by atoms with van der Waals surface area (Å²) in [5.74, 6) is 2.53. The summed E-state index contributed by atoms with van der Waals surface area (Å²) in [5.41, 5.74) is 0.661. The molecule has 32 heavy (non-hydrogen) atoms. The van der Waals surface area contributed by atoms with E-state index in [-0.39, 0.29) is 17.5 Å². The van der Waals surface area contributed by atoms with Crippen LogP contribution in [0.15, 0.2) is 35.7 Å². The molecular formula is C23H29N5O3S. The molecule has 6 rings (SSSR count). The first-order chi connectivity index (χ1) is 15.4. The van der Waals surface area contributed by atoms with Crippen molar-refractivity contribution in [3.8, 4) is 11.4 Å². The Hall–Kier alpha value is -2.55. The summed E-state index contributed by atoms with van der Waals surface area (Å²) >= 11 is 1.25. The van der Waals surface area contributed by atoms with Crippen LogP contribution >= 0.6 is 11.8 Å². The second-order valence-electron chi connectivity index (χ2n) is 9.56. The molecule has 4 aliphatic rings. The van der Waals surface area contributed by atoms with Crippen LogP contribution in [0.25, 0.3) is 5.69 Å². The number of nitrogens with one attached hydrogen (secondary N) is 2. The van der Waals surface area contributed by atoms with Crippen molar-refractivity contribution in [1.82, 2.24) is 25.4 Å². The van der Waals surface area contributed by atoms with Crippen molar-refractivity contribution in [2.75, 3.05) is 7.11 Å². The number of amides is 3. The molecule has 8 nitrogen and oxygen atoms in total. The molecule has 9 heteroatoms. The number of hydrogen-bond acceptors (Lipinski definition) is 6. The van der Waals surface area contributed by atoms with Crippen LogP contribution in [0.4, 0.5) is 4.79 Å². The Labute approximate surface area is 191 Å². The molecule has 1 aromatic heterocycles. The Bertz CT molecular complexity index is 987. The fourth-order valence-electron chi connectivity index (χ4n) is 6.26. The van der Waals surface area contributed by atoms with Gasteiger partial charge >= 0.3 is 6.03 Å². The average molecular weight is 456 g/mol. The number of nitrogens with zero attached hydrogens (tertiary/aromatic N) is 3. The maximum absolute atomic E-state index is 12.8. The fraction of sp³-hybridized carbons (Fsp3) is 0.565. The number of hydrogen-bond donors (Lipinski definition) is 2. The number of thioether (sulfide) groups is 1. The summed E-state index contributed by atoms with van der Waals surface area (Å²) in [5, 5.41) is 13.9. The third kappa shape index (κ3) is 4.10. The molecule has 170 valence electrons. The number of carbonyl (C=O) groups is 2. The van der Waals surface area contributed by atoms with E-state index < -0.39 is 5.25 Å². The molecule has 1 unspecified atom stereocenters. The molecule has 4 aliphatic carbocycles. The van der Waals surface area contributed by atoms with E-state index in [1.165, 1.54) is 31.0 Å². The molecular weight excluding hydrogens is 426 g/mol. The first-order valence-electron chi connectivity index (χ1n) is 11.3. The number of methoxy groups -OCH3 is 1. The highest BCUT2D eigenvalue weighted by atomic mass is 32.2. The van der Waals surface area contributed by atoms with Gasteiger partial charge in [0.1, 0.15) is 12.1 Å². The lowest BCUT2D eigenvalue weighted by Crippen LogP contribution is -2.62. The van der Waals surface area contributed by atoms with E-state index in [2.05, 4.69) is 20.8 Å². The minimum Gasteiger partial charge on any atom is -0.495 e. The van der Waals surface area contributed by atoms with Crippen LogP contribution in [0.1, 0.15) is 45.4 Å². The van der Waals surface area contributed by atoms with Gasteiger partial charge in [-0.2, -0.15) is 0 Å². The smallest absolute Gasteiger partial charge is 0.321 e. The van der Waals surface area contributed by atoms with Gasteiger partial charge in [-0.25, -0.2) is 4.79 Å². The minimum absolute atomic E-state index is 0.125. The van der Waals surface area contributed by atoms with Gasteiger partial charge in [-0.15, -0.1) is 10.2 Å². The molecule has 4 fully saturated rings. The van der Waals surface area contributed by atoms with Crippen LogP contribution in [-0.4, -0.2) is 44.6 Å². The predicted molar refractivity (Wildman–Crippen MR) is 121 cm³/mol. The summed E-state index contributed by atoms with van der Waals surface area (Å²) in [6, 6.07) is 7.16. The normalized spacial score (nSPS) is 28.9. The second kappa shape index (κ2) is 8.42. The van der Waals surface area contributed by atoms with Crippen molar-refractivity contribution in [1.29, 1.82) is 0 Å². The third-order valence-corrected chi connectivity index (χ3v) is 8.22. The molecule has 0 saturated heterocycles. The molecule has 4 saturated carbocycles. The zero-order valence-corrected chi connectivity index (χ0v) is 19.2. The number of benzene rings is 1. The molecule has 1 aromatic carbocycles. The van der Waals surface area contributed by atoms with Gasteiger partial charge in [0.2, 0.25) is 5.91 Å². The zero-order valence-electron chi connectivity index (χ0n) is 18.4. The Balaban J connectivity index is 1.21. The van der Waals surface area contributed by atoms with E-state index in [4.69, 9.17) is 4.74 Å². The SMILES string of the molecule is COc1ccccc1-n1cnnc1SC(C)C(=O)NC(=O)NC12CC3CC(CC(C3)C1)C2. The Morgan fingerprint density at radius 1 is 1.16 bits per heavy atom.